The van der Waals surface area contributed by atoms with Crippen molar-refractivity contribution in [3.05, 3.63) is 0 Å². The summed E-state index contributed by atoms with van der Waals surface area (Å²) in [4.78, 5) is 24.3. The first-order chi connectivity index (χ1) is 8.95. The van der Waals surface area contributed by atoms with Gasteiger partial charge in [0.2, 0.25) is 0 Å². The number of hydrogen-bond donors (Lipinski definition) is 2. The summed E-state index contributed by atoms with van der Waals surface area (Å²) in [7, 11) is 0. The molecular formula is C14H26N2O3. The standard InChI is InChI=1S/C14H26N2O3/c1-4-8-16(9-13(17)18)14(19)15-12-7-5-6-10(2)11(12)3/h10-12H,4-9H2,1-3H3,(H,15,19)(H,17,18). The van der Waals surface area contributed by atoms with Crippen LogP contribution in [0.25, 0.3) is 0 Å². The summed E-state index contributed by atoms with van der Waals surface area (Å²) < 4.78 is 0. The van der Waals surface area contributed by atoms with Crippen molar-refractivity contribution in [1.29, 1.82) is 0 Å². The van der Waals surface area contributed by atoms with E-state index in [1.165, 1.54) is 11.3 Å². The summed E-state index contributed by atoms with van der Waals surface area (Å²) in [5, 5.41) is 11.9. The lowest BCUT2D eigenvalue weighted by atomic mass is 9.78. The third-order valence-corrected chi connectivity index (χ3v) is 4.12. The molecule has 5 heteroatoms. The third-order valence-electron chi connectivity index (χ3n) is 4.12. The van der Waals surface area contributed by atoms with Crippen molar-refractivity contribution < 1.29 is 14.7 Å². The van der Waals surface area contributed by atoms with Gasteiger partial charge in [-0.25, -0.2) is 4.79 Å². The average molecular weight is 270 g/mol. The SMILES string of the molecule is CCCN(CC(=O)O)C(=O)NC1CCCC(C)C1C. The maximum Gasteiger partial charge on any atom is 0.323 e. The number of hydrogen-bond acceptors (Lipinski definition) is 2. The van der Waals surface area contributed by atoms with Gasteiger partial charge in [0.15, 0.2) is 0 Å². The Morgan fingerprint density at radius 2 is 2.00 bits per heavy atom. The Balaban J connectivity index is 2.57. The van der Waals surface area contributed by atoms with Crippen LogP contribution in [0.4, 0.5) is 4.79 Å². The largest absolute Gasteiger partial charge is 0.480 e. The normalized spacial score (nSPS) is 26.8. The number of rotatable bonds is 5. The predicted octanol–water partition coefficient (Wildman–Crippen LogP) is 2.32. The van der Waals surface area contributed by atoms with Crippen LogP contribution in [-0.2, 0) is 4.79 Å². The molecule has 3 atom stereocenters. The smallest absolute Gasteiger partial charge is 0.323 e. The fourth-order valence-electron chi connectivity index (χ4n) is 2.72. The number of carbonyl (C=O) groups is 2. The Morgan fingerprint density at radius 3 is 2.58 bits per heavy atom. The molecule has 5 nitrogen and oxygen atoms in total. The highest BCUT2D eigenvalue weighted by molar-refractivity contribution is 5.80. The molecule has 0 saturated heterocycles. The van der Waals surface area contributed by atoms with Crippen LogP contribution in [-0.4, -0.2) is 41.1 Å². The summed E-state index contributed by atoms with van der Waals surface area (Å²) in [6.45, 7) is 6.57. The number of carboxylic acids is 1. The van der Waals surface area contributed by atoms with Crippen LogP contribution < -0.4 is 5.32 Å². The molecule has 1 aliphatic carbocycles. The lowest BCUT2D eigenvalue weighted by molar-refractivity contribution is -0.137. The molecule has 0 spiro atoms. The zero-order valence-corrected chi connectivity index (χ0v) is 12.2. The maximum atomic E-state index is 12.1. The van der Waals surface area contributed by atoms with E-state index in [4.69, 9.17) is 5.11 Å². The zero-order chi connectivity index (χ0) is 14.4. The second-order valence-electron chi connectivity index (χ2n) is 5.64. The molecule has 1 saturated carbocycles. The molecule has 0 aromatic heterocycles. The van der Waals surface area contributed by atoms with Crippen molar-refractivity contribution in [3.8, 4) is 0 Å². The van der Waals surface area contributed by atoms with E-state index in [9.17, 15) is 9.59 Å². The Hall–Kier alpha value is -1.26. The van der Waals surface area contributed by atoms with Gasteiger partial charge in [0, 0.05) is 12.6 Å². The Bertz CT molecular complexity index is 320. The molecule has 0 aromatic carbocycles. The fourth-order valence-corrected chi connectivity index (χ4v) is 2.72. The molecule has 0 radical (unpaired) electrons. The minimum atomic E-state index is -0.964. The number of aliphatic carboxylic acids is 1. The highest BCUT2D eigenvalue weighted by atomic mass is 16.4. The molecule has 3 unspecified atom stereocenters. The van der Waals surface area contributed by atoms with Crippen LogP contribution in [0.2, 0.25) is 0 Å². The fraction of sp³-hybridized carbons (Fsp3) is 0.857. The maximum absolute atomic E-state index is 12.1. The Morgan fingerprint density at radius 1 is 1.32 bits per heavy atom. The minimum absolute atomic E-state index is 0.171. The molecule has 0 bridgehead atoms. The molecule has 0 aromatic rings. The van der Waals surface area contributed by atoms with Crippen LogP contribution in [0.1, 0.15) is 46.5 Å². The van der Waals surface area contributed by atoms with Gasteiger partial charge >= 0.3 is 12.0 Å². The van der Waals surface area contributed by atoms with Crippen molar-refractivity contribution in [2.24, 2.45) is 11.8 Å². The van der Waals surface area contributed by atoms with E-state index in [2.05, 4.69) is 19.2 Å². The minimum Gasteiger partial charge on any atom is -0.480 e. The van der Waals surface area contributed by atoms with Gasteiger partial charge in [-0.05, 0) is 24.7 Å². The van der Waals surface area contributed by atoms with E-state index in [0.29, 0.717) is 18.4 Å². The summed E-state index contributed by atoms with van der Waals surface area (Å²) in [6.07, 6.45) is 4.09. The van der Waals surface area contributed by atoms with Gasteiger partial charge in [-0.2, -0.15) is 0 Å². The monoisotopic (exact) mass is 270 g/mol. The van der Waals surface area contributed by atoms with Crippen LogP contribution >= 0.6 is 0 Å². The van der Waals surface area contributed by atoms with Crippen LogP contribution in [0.3, 0.4) is 0 Å². The molecule has 19 heavy (non-hydrogen) atoms. The predicted molar refractivity (Wildman–Crippen MR) is 74.0 cm³/mol. The molecular weight excluding hydrogens is 244 g/mol. The van der Waals surface area contributed by atoms with Crippen molar-refractivity contribution in [2.75, 3.05) is 13.1 Å². The quantitative estimate of drug-likeness (QED) is 0.805. The third kappa shape index (κ3) is 4.73. The number of carbonyl (C=O) groups excluding carboxylic acids is 1. The topological polar surface area (TPSA) is 69.6 Å². The summed E-state index contributed by atoms with van der Waals surface area (Å²) in [6, 6.07) is -0.0698. The molecule has 1 aliphatic rings. The number of nitrogens with zero attached hydrogens (tertiary/aromatic N) is 1. The van der Waals surface area contributed by atoms with E-state index in [0.717, 1.165) is 19.3 Å². The lowest BCUT2D eigenvalue weighted by Gasteiger charge is -2.35. The van der Waals surface area contributed by atoms with Gasteiger partial charge in [0.25, 0.3) is 0 Å². The van der Waals surface area contributed by atoms with Crippen molar-refractivity contribution >= 4 is 12.0 Å². The number of carboxylic acid groups (broad SMARTS) is 1. The van der Waals surface area contributed by atoms with Crippen molar-refractivity contribution in [3.63, 3.8) is 0 Å². The van der Waals surface area contributed by atoms with Gasteiger partial charge in [-0.15, -0.1) is 0 Å². The molecule has 1 fully saturated rings. The van der Waals surface area contributed by atoms with Gasteiger partial charge < -0.3 is 15.3 Å². The zero-order valence-electron chi connectivity index (χ0n) is 12.2. The molecule has 1 rings (SSSR count). The first-order valence-electron chi connectivity index (χ1n) is 7.23. The van der Waals surface area contributed by atoms with Crippen LogP contribution in [0, 0.1) is 11.8 Å². The van der Waals surface area contributed by atoms with E-state index in [1.807, 2.05) is 6.92 Å². The number of urea groups is 1. The highest BCUT2D eigenvalue weighted by Crippen LogP contribution is 2.29. The molecule has 0 heterocycles. The van der Waals surface area contributed by atoms with Crippen LogP contribution in [0.5, 0.6) is 0 Å². The summed E-state index contributed by atoms with van der Waals surface area (Å²) >= 11 is 0. The van der Waals surface area contributed by atoms with Gasteiger partial charge in [0.05, 0.1) is 0 Å². The van der Waals surface area contributed by atoms with E-state index < -0.39 is 5.97 Å². The van der Waals surface area contributed by atoms with E-state index in [1.54, 1.807) is 0 Å². The summed E-state index contributed by atoms with van der Waals surface area (Å²) in [5.74, 6) is 0.0952. The van der Waals surface area contributed by atoms with Crippen molar-refractivity contribution in [1.82, 2.24) is 10.2 Å². The first kappa shape index (κ1) is 15.8. The lowest BCUT2D eigenvalue weighted by Crippen LogP contribution is -2.50. The molecule has 0 aliphatic heterocycles. The molecule has 2 N–H and O–H groups in total. The highest BCUT2D eigenvalue weighted by Gasteiger charge is 2.29. The van der Waals surface area contributed by atoms with E-state index >= 15 is 0 Å². The number of nitrogens with one attached hydrogen (secondary N) is 1. The van der Waals surface area contributed by atoms with Crippen molar-refractivity contribution in [2.45, 2.75) is 52.5 Å². The molecule has 2 amide bonds. The van der Waals surface area contributed by atoms with Gasteiger partial charge in [0.1, 0.15) is 6.54 Å². The van der Waals surface area contributed by atoms with E-state index in [-0.39, 0.29) is 18.6 Å². The Labute approximate surface area is 115 Å². The molecule has 110 valence electrons. The van der Waals surface area contributed by atoms with Gasteiger partial charge in [-0.1, -0.05) is 33.6 Å². The first-order valence-corrected chi connectivity index (χ1v) is 7.23. The second kappa shape index (κ2) is 7.36. The average Bonchev–Trinajstić information content (AvgIpc) is 2.34. The van der Waals surface area contributed by atoms with Crippen LogP contribution in [0.15, 0.2) is 0 Å². The second-order valence-corrected chi connectivity index (χ2v) is 5.64. The van der Waals surface area contributed by atoms with Gasteiger partial charge in [-0.3, -0.25) is 4.79 Å². The summed E-state index contributed by atoms with van der Waals surface area (Å²) in [5.41, 5.74) is 0. The Kier molecular flexibility index (Phi) is 6.12. The number of amides is 2.